The summed E-state index contributed by atoms with van der Waals surface area (Å²) >= 11 is 5.53. The third kappa shape index (κ3) is 1.73. The second-order valence-corrected chi connectivity index (χ2v) is 3.23. The number of rotatable bonds is 0. The van der Waals surface area contributed by atoms with Crippen LogP contribution < -0.4 is 0 Å². The van der Waals surface area contributed by atoms with Crippen molar-refractivity contribution < 1.29 is 0 Å². The van der Waals surface area contributed by atoms with E-state index in [1.54, 1.807) is 0 Å². The average Bonchev–Trinajstić information content (AvgIpc) is 2.26. The molecule has 0 nitrogen and oxygen atoms in total. The second-order valence-electron chi connectivity index (χ2n) is 2.96. The number of benzene rings is 2. The molecule has 1 heteroatoms. The third-order valence-electron chi connectivity index (χ3n) is 2.08. The van der Waals surface area contributed by atoms with Gasteiger partial charge in [0.15, 0.2) is 0 Å². The first-order valence-electron chi connectivity index (χ1n) is 4.44. The second kappa shape index (κ2) is 4.17. The third-order valence-corrected chi connectivity index (χ3v) is 2.21. The van der Waals surface area contributed by atoms with Crippen molar-refractivity contribution in [3.63, 3.8) is 0 Å². The van der Waals surface area contributed by atoms with Gasteiger partial charge in [-0.1, -0.05) is 48.2 Å². The molecule has 0 N–H and O–H groups in total. The van der Waals surface area contributed by atoms with Gasteiger partial charge >= 0.3 is 0 Å². The molecule has 0 aliphatic heterocycles. The Balaban J connectivity index is 2.65. The Morgan fingerprint density at radius 3 is 2.64 bits per heavy atom. The summed E-state index contributed by atoms with van der Waals surface area (Å²) in [6.45, 7) is 0. The van der Waals surface area contributed by atoms with Crippen molar-refractivity contribution in [1.29, 1.82) is 0 Å². The Kier molecular flexibility index (Phi) is 2.72. The van der Waals surface area contributed by atoms with Crippen LogP contribution in [0.15, 0.2) is 42.5 Å². The van der Waals surface area contributed by atoms with E-state index < -0.39 is 0 Å². The largest absolute Gasteiger partial charge is 0.113 e. The highest BCUT2D eigenvalue weighted by molar-refractivity contribution is 6.19. The number of hydrogen-bond acceptors (Lipinski definition) is 0. The SMILES string of the molecule is ClCC#Cc1cccc2ccccc12. The number of alkyl halides is 1. The highest BCUT2D eigenvalue weighted by Gasteiger charge is 1.95. The number of hydrogen-bond donors (Lipinski definition) is 0. The normalized spacial score (nSPS) is 9.50. The van der Waals surface area contributed by atoms with Crippen molar-refractivity contribution in [3.05, 3.63) is 48.0 Å². The summed E-state index contributed by atoms with van der Waals surface area (Å²) in [5.74, 6) is 6.31. The van der Waals surface area contributed by atoms with Gasteiger partial charge in [-0.2, -0.15) is 0 Å². The first-order chi connectivity index (χ1) is 6.92. The summed E-state index contributed by atoms with van der Waals surface area (Å²) in [5.41, 5.74) is 1.05. The number of fused-ring (bicyclic) bond motifs is 1. The van der Waals surface area contributed by atoms with Gasteiger partial charge in [-0.25, -0.2) is 0 Å². The van der Waals surface area contributed by atoms with Crippen LogP contribution in [0.1, 0.15) is 5.56 Å². The van der Waals surface area contributed by atoms with Gasteiger partial charge in [0.05, 0.1) is 5.88 Å². The minimum atomic E-state index is 0.378. The lowest BCUT2D eigenvalue weighted by Crippen LogP contribution is -1.78. The standard InChI is InChI=1S/C13H9Cl/c14-10-4-8-12-7-3-6-11-5-1-2-9-13(11)12/h1-3,5-7,9H,10H2. The predicted octanol–water partition coefficient (Wildman–Crippen LogP) is 3.43. The van der Waals surface area contributed by atoms with Crippen LogP contribution in [0.4, 0.5) is 0 Å². The Labute approximate surface area is 88.5 Å². The molecule has 0 aliphatic carbocycles. The summed E-state index contributed by atoms with van der Waals surface area (Å²) in [4.78, 5) is 0. The van der Waals surface area contributed by atoms with E-state index in [0.29, 0.717) is 5.88 Å². The van der Waals surface area contributed by atoms with Crippen LogP contribution in [-0.4, -0.2) is 5.88 Å². The topological polar surface area (TPSA) is 0 Å². The Morgan fingerprint density at radius 1 is 1.00 bits per heavy atom. The fraction of sp³-hybridized carbons (Fsp3) is 0.0769. The zero-order chi connectivity index (χ0) is 9.80. The highest BCUT2D eigenvalue weighted by Crippen LogP contribution is 2.17. The molecule has 14 heavy (non-hydrogen) atoms. The molecule has 0 radical (unpaired) electrons. The Bertz CT molecular complexity index is 498. The van der Waals surface area contributed by atoms with E-state index in [-0.39, 0.29) is 0 Å². The maximum Gasteiger partial charge on any atom is 0.0839 e. The van der Waals surface area contributed by atoms with Crippen molar-refractivity contribution in [3.8, 4) is 11.8 Å². The molecule has 2 aromatic carbocycles. The van der Waals surface area contributed by atoms with Crippen LogP contribution in [0.5, 0.6) is 0 Å². The quantitative estimate of drug-likeness (QED) is 0.452. The van der Waals surface area contributed by atoms with Crippen LogP contribution in [0, 0.1) is 11.8 Å². The van der Waals surface area contributed by atoms with Gasteiger partial charge in [-0.05, 0) is 16.8 Å². The summed E-state index contributed by atoms with van der Waals surface area (Å²) in [6.07, 6.45) is 0. The lowest BCUT2D eigenvalue weighted by Gasteiger charge is -1.98. The van der Waals surface area contributed by atoms with E-state index in [1.165, 1.54) is 10.8 Å². The van der Waals surface area contributed by atoms with E-state index in [1.807, 2.05) is 24.3 Å². The minimum absolute atomic E-state index is 0.378. The van der Waals surface area contributed by atoms with Crippen LogP contribution in [0.2, 0.25) is 0 Å². The molecule has 0 saturated heterocycles. The Morgan fingerprint density at radius 2 is 1.79 bits per heavy atom. The van der Waals surface area contributed by atoms with Crippen LogP contribution in [0.25, 0.3) is 10.8 Å². The lowest BCUT2D eigenvalue weighted by molar-refractivity contribution is 1.70. The van der Waals surface area contributed by atoms with Gasteiger partial charge in [-0.15, -0.1) is 11.6 Å². The van der Waals surface area contributed by atoms with E-state index >= 15 is 0 Å². The molecule has 2 aromatic rings. The summed E-state index contributed by atoms with van der Waals surface area (Å²) in [7, 11) is 0. The van der Waals surface area contributed by atoms with E-state index in [0.717, 1.165) is 5.56 Å². The summed E-state index contributed by atoms with van der Waals surface area (Å²) in [5, 5.41) is 2.40. The first-order valence-corrected chi connectivity index (χ1v) is 4.98. The molecule has 0 spiro atoms. The van der Waals surface area contributed by atoms with E-state index in [9.17, 15) is 0 Å². The fourth-order valence-corrected chi connectivity index (χ4v) is 1.53. The van der Waals surface area contributed by atoms with Crippen molar-refractivity contribution >= 4 is 22.4 Å². The molecule has 0 amide bonds. The van der Waals surface area contributed by atoms with Gasteiger partial charge in [-0.3, -0.25) is 0 Å². The molecule has 0 saturated carbocycles. The average molecular weight is 201 g/mol. The highest BCUT2D eigenvalue weighted by atomic mass is 35.5. The molecule has 0 heterocycles. The van der Waals surface area contributed by atoms with Crippen LogP contribution in [-0.2, 0) is 0 Å². The monoisotopic (exact) mass is 200 g/mol. The van der Waals surface area contributed by atoms with Gasteiger partial charge in [0.1, 0.15) is 0 Å². The smallest absolute Gasteiger partial charge is 0.0839 e. The lowest BCUT2D eigenvalue weighted by atomic mass is 10.1. The van der Waals surface area contributed by atoms with Gasteiger partial charge in [0.25, 0.3) is 0 Å². The molecular weight excluding hydrogens is 192 g/mol. The molecule has 0 unspecified atom stereocenters. The molecule has 0 fully saturated rings. The molecule has 0 aliphatic rings. The van der Waals surface area contributed by atoms with E-state index in [2.05, 4.69) is 30.0 Å². The molecule has 0 aromatic heterocycles. The van der Waals surface area contributed by atoms with Crippen LogP contribution >= 0.6 is 11.6 Å². The van der Waals surface area contributed by atoms with Crippen molar-refractivity contribution in [1.82, 2.24) is 0 Å². The summed E-state index contributed by atoms with van der Waals surface area (Å²) in [6, 6.07) is 14.3. The maximum atomic E-state index is 5.53. The van der Waals surface area contributed by atoms with E-state index in [4.69, 9.17) is 11.6 Å². The van der Waals surface area contributed by atoms with Crippen molar-refractivity contribution in [2.45, 2.75) is 0 Å². The molecule has 0 bridgehead atoms. The minimum Gasteiger partial charge on any atom is -0.113 e. The molecule has 68 valence electrons. The van der Waals surface area contributed by atoms with Crippen molar-refractivity contribution in [2.24, 2.45) is 0 Å². The molecule has 0 atom stereocenters. The first kappa shape index (κ1) is 9.12. The molecular formula is C13H9Cl. The predicted molar refractivity (Wildman–Crippen MR) is 61.5 cm³/mol. The van der Waals surface area contributed by atoms with Crippen molar-refractivity contribution in [2.75, 3.05) is 5.88 Å². The zero-order valence-electron chi connectivity index (χ0n) is 7.63. The zero-order valence-corrected chi connectivity index (χ0v) is 8.38. The maximum absolute atomic E-state index is 5.53. The Hall–Kier alpha value is -1.45. The van der Waals surface area contributed by atoms with Gasteiger partial charge in [0.2, 0.25) is 0 Å². The van der Waals surface area contributed by atoms with Gasteiger partial charge in [0, 0.05) is 5.56 Å². The fourth-order valence-electron chi connectivity index (χ4n) is 1.46. The molecule has 2 rings (SSSR count). The number of halogens is 1. The van der Waals surface area contributed by atoms with Gasteiger partial charge < -0.3 is 0 Å². The summed E-state index contributed by atoms with van der Waals surface area (Å²) < 4.78 is 0. The van der Waals surface area contributed by atoms with Crippen LogP contribution in [0.3, 0.4) is 0 Å².